The Hall–Kier alpha value is -2.13. The van der Waals surface area contributed by atoms with Gasteiger partial charge >= 0.3 is 18.8 Å². The maximum Gasteiger partial charge on any atom is 0.394 e. The van der Waals surface area contributed by atoms with Gasteiger partial charge in [-0.15, -0.1) is 0 Å². The van der Waals surface area contributed by atoms with E-state index < -0.39 is 41.8 Å². The Kier molecular flexibility index (Phi) is 4.70. The van der Waals surface area contributed by atoms with Crippen LogP contribution in [0.25, 0.3) is 0 Å². The van der Waals surface area contributed by atoms with Gasteiger partial charge in [0.2, 0.25) is 0 Å². The molecule has 0 spiro atoms. The number of rotatable bonds is 5. The molecule has 26 heavy (non-hydrogen) atoms. The molecule has 0 saturated heterocycles. The van der Waals surface area contributed by atoms with Crippen molar-refractivity contribution in [2.75, 3.05) is 0 Å². The molecule has 4 nitrogen and oxygen atoms in total. The summed E-state index contributed by atoms with van der Waals surface area (Å²) in [6.07, 6.45) is -4.37. The standard InChI is InChI=1S/C16H16F6N2O2/c17-10-2-1-8(3-12(10)26-13(18)19)7-23-14(25)24-11-6-15(16(20,21)22)4-9(11)5-15/h1-3,9,11,13H,4-7H2,(H2,23,24,25). The van der Waals surface area contributed by atoms with Crippen molar-refractivity contribution in [3.05, 3.63) is 29.6 Å². The van der Waals surface area contributed by atoms with Gasteiger partial charge < -0.3 is 15.4 Å². The lowest BCUT2D eigenvalue weighted by Crippen LogP contribution is -2.44. The zero-order chi connectivity index (χ0) is 19.1. The molecule has 0 heterocycles. The van der Waals surface area contributed by atoms with Gasteiger partial charge in [-0.3, -0.25) is 0 Å². The zero-order valence-electron chi connectivity index (χ0n) is 13.4. The number of carbonyl (C=O) groups is 1. The largest absolute Gasteiger partial charge is 0.432 e. The van der Waals surface area contributed by atoms with E-state index in [1.807, 2.05) is 0 Å². The number of fused-ring (bicyclic) bond motifs is 1. The van der Waals surface area contributed by atoms with E-state index in [1.54, 1.807) is 0 Å². The molecule has 0 aliphatic heterocycles. The van der Waals surface area contributed by atoms with Crippen molar-refractivity contribution in [1.29, 1.82) is 0 Å². The number of hydrogen-bond donors (Lipinski definition) is 2. The summed E-state index contributed by atoms with van der Waals surface area (Å²) in [6, 6.07) is 2.00. The molecule has 1 atom stereocenters. The van der Waals surface area contributed by atoms with Crippen molar-refractivity contribution >= 4 is 6.03 Å². The molecule has 2 amide bonds. The minimum atomic E-state index is -4.27. The molecule has 0 radical (unpaired) electrons. The van der Waals surface area contributed by atoms with Crippen LogP contribution in [0.1, 0.15) is 24.8 Å². The SMILES string of the molecule is O=C(NCc1ccc(F)c(OC(F)F)c1)NC1CC2(C(F)(F)F)CC1C2. The lowest BCUT2D eigenvalue weighted by Gasteiger charge is -2.39. The smallest absolute Gasteiger partial charge is 0.394 e. The Morgan fingerprint density at radius 1 is 1.27 bits per heavy atom. The molecule has 144 valence electrons. The summed E-state index contributed by atoms with van der Waals surface area (Å²) in [5.41, 5.74) is -1.38. The van der Waals surface area contributed by atoms with E-state index in [2.05, 4.69) is 15.4 Å². The van der Waals surface area contributed by atoms with Gasteiger partial charge in [-0.05, 0) is 42.9 Å². The normalized spacial score (nSPS) is 27.2. The topological polar surface area (TPSA) is 50.4 Å². The highest BCUT2D eigenvalue weighted by Crippen LogP contribution is 2.65. The van der Waals surface area contributed by atoms with E-state index in [0.717, 1.165) is 12.1 Å². The van der Waals surface area contributed by atoms with Crippen LogP contribution in [-0.2, 0) is 6.54 Å². The summed E-state index contributed by atoms with van der Waals surface area (Å²) < 4.78 is 80.7. The van der Waals surface area contributed by atoms with Crippen LogP contribution in [0.15, 0.2) is 18.2 Å². The fourth-order valence-corrected chi connectivity index (χ4v) is 3.74. The van der Waals surface area contributed by atoms with Crippen molar-refractivity contribution < 1.29 is 35.9 Å². The molecule has 1 aromatic rings. The van der Waals surface area contributed by atoms with E-state index in [1.165, 1.54) is 6.07 Å². The molecular weight excluding hydrogens is 366 g/mol. The highest BCUT2D eigenvalue weighted by Gasteiger charge is 2.68. The van der Waals surface area contributed by atoms with Crippen LogP contribution in [0.3, 0.4) is 0 Å². The Morgan fingerprint density at radius 2 is 1.96 bits per heavy atom. The van der Waals surface area contributed by atoms with Gasteiger partial charge in [0.15, 0.2) is 11.6 Å². The number of amides is 2. The summed E-state index contributed by atoms with van der Waals surface area (Å²) in [6.45, 7) is -3.31. The maximum absolute atomic E-state index is 13.3. The fourth-order valence-electron chi connectivity index (χ4n) is 3.74. The Balaban J connectivity index is 1.51. The van der Waals surface area contributed by atoms with Gasteiger partial charge in [0.1, 0.15) is 0 Å². The number of ether oxygens (including phenoxy) is 1. The second kappa shape index (κ2) is 6.55. The number of halogens is 6. The molecule has 2 bridgehead atoms. The lowest BCUT2D eigenvalue weighted by molar-refractivity contribution is -0.244. The first-order valence-electron chi connectivity index (χ1n) is 7.94. The summed E-state index contributed by atoms with van der Waals surface area (Å²) in [5, 5.41) is 4.94. The molecule has 3 saturated carbocycles. The van der Waals surface area contributed by atoms with E-state index in [4.69, 9.17) is 0 Å². The Morgan fingerprint density at radius 3 is 2.54 bits per heavy atom. The monoisotopic (exact) mass is 382 g/mol. The van der Waals surface area contributed by atoms with Crippen molar-refractivity contribution in [3.63, 3.8) is 0 Å². The second-order valence-corrected chi connectivity index (χ2v) is 6.73. The third-order valence-corrected chi connectivity index (χ3v) is 5.07. The van der Waals surface area contributed by atoms with E-state index in [9.17, 15) is 31.1 Å². The number of hydrogen-bond acceptors (Lipinski definition) is 2. The predicted molar refractivity (Wildman–Crippen MR) is 78.0 cm³/mol. The van der Waals surface area contributed by atoms with Crippen molar-refractivity contribution in [1.82, 2.24) is 10.6 Å². The van der Waals surface area contributed by atoms with Crippen molar-refractivity contribution in [2.24, 2.45) is 11.3 Å². The van der Waals surface area contributed by atoms with Crippen LogP contribution < -0.4 is 15.4 Å². The molecule has 3 aliphatic carbocycles. The zero-order valence-corrected chi connectivity index (χ0v) is 13.4. The van der Waals surface area contributed by atoms with Gasteiger partial charge in [-0.25, -0.2) is 9.18 Å². The number of urea groups is 1. The minimum Gasteiger partial charge on any atom is -0.432 e. The first-order chi connectivity index (χ1) is 12.1. The van der Waals surface area contributed by atoms with E-state index in [0.29, 0.717) is 5.56 Å². The van der Waals surface area contributed by atoms with Gasteiger partial charge in [-0.2, -0.15) is 22.0 Å². The predicted octanol–water partition coefficient (Wildman–Crippen LogP) is 3.96. The average Bonchev–Trinajstić information content (AvgIpc) is 3.02. The molecule has 1 unspecified atom stereocenters. The van der Waals surface area contributed by atoms with E-state index >= 15 is 0 Å². The average molecular weight is 382 g/mol. The molecule has 3 fully saturated rings. The molecule has 3 aliphatic rings. The van der Waals surface area contributed by atoms with Crippen LogP contribution in [0.2, 0.25) is 0 Å². The highest BCUT2D eigenvalue weighted by molar-refractivity contribution is 5.74. The van der Waals surface area contributed by atoms with Crippen LogP contribution in [0.5, 0.6) is 5.75 Å². The van der Waals surface area contributed by atoms with Gasteiger partial charge in [0.25, 0.3) is 0 Å². The van der Waals surface area contributed by atoms with Gasteiger partial charge in [0, 0.05) is 12.6 Å². The quantitative estimate of drug-likeness (QED) is 0.758. The first kappa shape index (κ1) is 18.7. The van der Waals surface area contributed by atoms with Crippen LogP contribution in [0, 0.1) is 17.2 Å². The Labute approximate surface area is 144 Å². The minimum absolute atomic E-state index is 0.0216. The summed E-state index contributed by atoms with van der Waals surface area (Å²) in [7, 11) is 0. The van der Waals surface area contributed by atoms with Crippen molar-refractivity contribution in [3.8, 4) is 5.75 Å². The van der Waals surface area contributed by atoms with Crippen molar-refractivity contribution in [2.45, 2.75) is 44.6 Å². The van der Waals surface area contributed by atoms with E-state index in [-0.39, 0.29) is 31.7 Å². The number of nitrogens with one attached hydrogen (secondary N) is 2. The number of alkyl halides is 5. The van der Waals surface area contributed by atoms with Crippen LogP contribution in [-0.4, -0.2) is 24.9 Å². The molecule has 10 heteroatoms. The third kappa shape index (κ3) is 3.54. The first-order valence-corrected chi connectivity index (χ1v) is 7.94. The highest BCUT2D eigenvalue weighted by atomic mass is 19.4. The Bertz CT molecular complexity index is 688. The summed E-state index contributed by atoms with van der Waals surface area (Å²) in [4.78, 5) is 11.9. The third-order valence-electron chi connectivity index (χ3n) is 5.07. The molecule has 4 rings (SSSR count). The van der Waals surface area contributed by atoms with Crippen LogP contribution >= 0.6 is 0 Å². The van der Waals surface area contributed by atoms with Gasteiger partial charge in [0.05, 0.1) is 5.41 Å². The molecule has 0 aromatic heterocycles. The number of carbonyl (C=O) groups excluding carboxylic acids is 1. The molecular formula is C16H16F6N2O2. The number of benzene rings is 1. The van der Waals surface area contributed by atoms with Gasteiger partial charge in [-0.1, -0.05) is 6.07 Å². The summed E-state index contributed by atoms with van der Waals surface area (Å²) >= 11 is 0. The van der Waals surface area contributed by atoms with Crippen LogP contribution in [0.4, 0.5) is 31.1 Å². The summed E-state index contributed by atoms with van der Waals surface area (Å²) in [5.74, 6) is -1.82. The molecule has 2 N–H and O–H groups in total. The fraction of sp³-hybridized carbons (Fsp3) is 0.562. The lowest BCUT2D eigenvalue weighted by atomic mass is 9.69. The molecule has 1 aromatic carbocycles. The maximum atomic E-state index is 13.3. The second-order valence-electron chi connectivity index (χ2n) is 6.73.